The molecule has 1 heteroatoms. The van der Waals surface area contributed by atoms with E-state index in [4.69, 9.17) is 5.73 Å². The normalized spacial score (nSPS) is 19.8. The summed E-state index contributed by atoms with van der Waals surface area (Å²) in [6, 6.07) is 10.7. The minimum Gasteiger partial charge on any atom is -0.324 e. The second-order valence-corrected chi connectivity index (χ2v) is 4.40. The summed E-state index contributed by atoms with van der Waals surface area (Å²) >= 11 is 0. The predicted molar refractivity (Wildman–Crippen MR) is 59.9 cm³/mol. The van der Waals surface area contributed by atoms with Crippen molar-refractivity contribution in [1.29, 1.82) is 0 Å². The minimum absolute atomic E-state index is 0.249. The highest BCUT2D eigenvalue weighted by Crippen LogP contribution is 2.31. The van der Waals surface area contributed by atoms with E-state index in [1.165, 1.54) is 37.7 Å². The van der Waals surface area contributed by atoms with Gasteiger partial charge in [-0.3, -0.25) is 0 Å². The van der Waals surface area contributed by atoms with Gasteiger partial charge in [-0.05, 0) is 17.9 Å². The fraction of sp³-hybridized carbons (Fsp3) is 0.538. The zero-order chi connectivity index (χ0) is 9.80. The number of nitrogens with two attached hydrogens (primary N) is 1. The minimum atomic E-state index is 0.249. The van der Waals surface area contributed by atoms with Crippen molar-refractivity contribution in [3.8, 4) is 0 Å². The van der Waals surface area contributed by atoms with Gasteiger partial charge in [0.25, 0.3) is 0 Å². The van der Waals surface area contributed by atoms with E-state index >= 15 is 0 Å². The quantitative estimate of drug-likeness (QED) is 0.776. The van der Waals surface area contributed by atoms with Gasteiger partial charge in [0.15, 0.2) is 0 Å². The molecule has 1 aromatic carbocycles. The molecule has 0 heterocycles. The summed E-state index contributed by atoms with van der Waals surface area (Å²) in [4.78, 5) is 0. The molecule has 0 aromatic heterocycles. The van der Waals surface area contributed by atoms with Crippen LogP contribution >= 0.6 is 0 Å². The van der Waals surface area contributed by atoms with E-state index in [1.54, 1.807) is 0 Å². The summed E-state index contributed by atoms with van der Waals surface area (Å²) in [5.41, 5.74) is 7.47. The molecule has 0 saturated heterocycles. The Bertz CT molecular complexity index is 262. The summed E-state index contributed by atoms with van der Waals surface area (Å²) in [5, 5.41) is 0. The molecule has 2 N–H and O–H groups in total. The van der Waals surface area contributed by atoms with E-state index in [1.807, 2.05) is 6.07 Å². The van der Waals surface area contributed by atoms with Gasteiger partial charge in [-0.2, -0.15) is 0 Å². The molecule has 0 amide bonds. The van der Waals surface area contributed by atoms with Gasteiger partial charge in [0, 0.05) is 6.04 Å². The maximum absolute atomic E-state index is 6.17. The summed E-state index contributed by atoms with van der Waals surface area (Å²) in [7, 11) is 0. The lowest BCUT2D eigenvalue weighted by molar-refractivity contribution is 0.451. The summed E-state index contributed by atoms with van der Waals surface area (Å²) in [5.74, 6) is 0.880. The third kappa shape index (κ3) is 2.36. The van der Waals surface area contributed by atoms with Crippen molar-refractivity contribution in [2.75, 3.05) is 0 Å². The van der Waals surface area contributed by atoms with Gasteiger partial charge in [-0.1, -0.05) is 56.0 Å². The largest absolute Gasteiger partial charge is 0.324 e. The zero-order valence-electron chi connectivity index (χ0n) is 8.65. The van der Waals surface area contributed by atoms with E-state index in [2.05, 4.69) is 24.3 Å². The van der Waals surface area contributed by atoms with Crippen LogP contribution < -0.4 is 5.73 Å². The predicted octanol–water partition coefficient (Wildman–Crippen LogP) is 3.27. The topological polar surface area (TPSA) is 26.0 Å². The van der Waals surface area contributed by atoms with Crippen LogP contribution in [0.5, 0.6) is 0 Å². The molecule has 14 heavy (non-hydrogen) atoms. The third-order valence-electron chi connectivity index (χ3n) is 3.29. The Hall–Kier alpha value is -0.820. The number of rotatable bonds is 3. The van der Waals surface area contributed by atoms with Gasteiger partial charge in [0.05, 0.1) is 0 Å². The number of hydrogen-bond donors (Lipinski definition) is 1. The van der Waals surface area contributed by atoms with E-state index < -0.39 is 0 Å². The van der Waals surface area contributed by atoms with Crippen LogP contribution in [0.15, 0.2) is 30.3 Å². The van der Waals surface area contributed by atoms with Crippen LogP contribution in [0.2, 0.25) is 0 Å². The van der Waals surface area contributed by atoms with Crippen LogP contribution in [0.1, 0.15) is 43.7 Å². The van der Waals surface area contributed by atoms with Crippen LogP contribution in [0.4, 0.5) is 0 Å². The van der Waals surface area contributed by atoms with Crippen LogP contribution in [0.25, 0.3) is 0 Å². The van der Waals surface area contributed by atoms with Crippen molar-refractivity contribution >= 4 is 0 Å². The fourth-order valence-electron chi connectivity index (χ4n) is 2.44. The van der Waals surface area contributed by atoms with Crippen molar-refractivity contribution in [2.45, 2.75) is 38.1 Å². The van der Waals surface area contributed by atoms with Crippen LogP contribution in [-0.2, 0) is 0 Å². The van der Waals surface area contributed by atoms with Gasteiger partial charge in [-0.15, -0.1) is 0 Å². The third-order valence-corrected chi connectivity index (χ3v) is 3.29. The molecule has 1 aliphatic carbocycles. The smallest absolute Gasteiger partial charge is 0.0297 e. The molecule has 1 aromatic rings. The first-order valence-electron chi connectivity index (χ1n) is 5.67. The van der Waals surface area contributed by atoms with Crippen LogP contribution in [-0.4, -0.2) is 0 Å². The van der Waals surface area contributed by atoms with Crippen molar-refractivity contribution in [1.82, 2.24) is 0 Å². The maximum atomic E-state index is 6.17. The van der Waals surface area contributed by atoms with Crippen molar-refractivity contribution in [3.05, 3.63) is 35.9 Å². The standard InChI is InChI=1S/C13H19N/c14-13(10-11-6-4-5-7-11)12-8-2-1-3-9-12/h1-3,8-9,11,13H,4-7,10,14H2. The molecule has 1 unspecified atom stereocenters. The highest BCUT2D eigenvalue weighted by molar-refractivity contribution is 5.18. The fourth-order valence-corrected chi connectivity index (χ4v) is 2.44. The van der Waals surface area contributed by atoms with Crippen molar-refractivity contribution < 1.29 is 0 Å². The summed E-state index contributed by atoms with van der Waals surface area (Å²) < 4.78 is 0. The monoisotopic (exact) mass is 189 g/mol. The Balaban J connectivity index is 1.92. The Morgan fingerprint density at radius 2 is 1.79 bits per heavy atom. The Morgan fingerprint density at radius 3 is 2.43 bits per heavy atom. The molecule has 1 saturated carbocycles. The van der Waals surface area contributed by atoms with E-state index in [0.29, 0.717) is 0 Å². The molecule has 0 spiro atoms. The average molecular weight is 189 g/mol. The van der Waals surface area contributed by atoms with Crippen molar-refractivity contribution in [2.24, 2.45) is 11.7 Å². The lowest BCUT2D eigenvalue weighted by Crippen LogP contribution is -2.13. The SMILES string of the molecule is NC(CC1CCCC1)c1ccccc1. The average Bonchev–Trinajstić information content (AvgIpc) is 2.72. The lowest BCUT2D eigenvalue weighted by atomic mass is 9.94. The molecule has 1 aliphatic rings. The van der Waals surface area contributed by atoms with Crippen LogP contribution in [0, 0.1) is 5.92 Å². The van der Waals surface area contributed by atoms with Gasteiger partial charge < -0.3 is 5.73 Å². The van der Waals surface area contributed by atoms with Gasteiger partial charge in [0.2, 0.25) is 0 Å². The Morgan fingerprint density at radius 1 is 1.14 bits per heavy atom. The van der Waals surface area contributed by atoms with E-state index in [-0.39, 0.29) is 6.04 Å². The highest BCUT2D eigenvalue weighted by atomic mass is 14.6. The summed E-state index contributed by atoms with van der Waals surface area (Å²) in [6.45, 7) is 0. The van der Waals surface area contributed by atoms with Gasteiger partial charge >= 0.3 is 0 Å². The molecule has 2 rings (SSSR count). The van der Waals surface area contributed by atoms with Gasteiger partial charge in [0.1, 0.15) is 0 Å². The molecule has 76 valence electrons. The molecule has 0 radical (unpaired) electrons. The van der Waals surface area contributed by atoms with E-state index in [9.17, 15) is 0 Å². The maximum Gasteiger partial charge on any atom is 0.0297 e. The molecule has 1 fully saturated rings. The number of benzene rings is 1. The molecular formula is C13H19N. The Labute approximate surface area is 86.3 Å². The first kappa shape index (κ1) is 9.72. The zero-order valence-corrected chi connectivity index (χ0v) is 8.65. The van der Waals surface area contributed by atoms with Gasteiger partial charge in [-0.25, -0.2) is 0 Å². The van der Waals surface area contributed by atoms with Crippen molar-refractivity contribution in [3.63, 3.8) is 0 Å². The second-order valence-electron chi connectivity index (χ2n) is 4.40. The summed E-state index contributed by atoms with van der Waals surface area (Å²) in [6.07, 6.45) is 6.77. The Kier molecular flexibility index (Phi) is 3.20. The molecule has 0 bridgehead atoms. The molecule has 1 atom stereocenters. The molecular weight excluding hydrogens is 170 g/mol. The number of hydrogen-bond acceptors (Lipinski definition) is 1. The molecule has 0 aliphatic heterocycles. The van der Waals surface area contributed by atoms with Crippen LogP contribution in [0.3, 0.4) is 0 Å². The second kappa shape index (κ2) is 4.61. The first-order chi connectivity index (χ1) is 6.86. The lowest BCUT2D eigenvalue weighted by Gasteiger charge is -2.16. The highest BCUT2D eigenvalue weighted by Gasteiger charge is 2.18. The first-order valence-corrected chi connectivity index (χ1v) is 5.67. The van der Waals surface area contributed by atoms with E-state index in [0.717, 1.165) is 5.92 Å². The molecule has 1 nitrogen and oxygen atoms in total.